The molecule has 0 fully saturated rings. The molecule has 82 valence electrons. The van der Waals surface area contributed by atoms with E-state index < -0.39 is 0 Å². The molecule has 1 rings (SSSR count). The highest BCUT2D eigenvalue weighted by atomic mass is 14.9. The highest BCUT2D eigenvalue weighted by Gasteiger charge is 2.10. The van der Waals surface area contributed by atoms with Crippen LogP contribution in [0.5, 0.6) is 0 Å². The van der Waals surface area contributed by atoms with Crippen molar-refractivity contribution in [3.8, 4) is 0 Å². The van der Waals surface area contributed by atoms with Crippen LogP contribution >= 0.6 is 0 Å². The Morgan fingerprint density at radius 1 is 0.688 bits per heavy atom. The second kappa shape index (κ2) is 4.14. The normalized spacial score (nSPS) is 9.00. The molecule has 0 unspecified atom stereocenters. The summed E-state index contributed by atoms with van der Waals surface area (Å²) in [7, 11) is 0. The van der Waals surface area contributed by atoms with E-state index in [1.54, 1.807) is 0 Å². The third-order valence-corrected chi connectivity index (χ3v) is 1.92. The van der Waals surface area contributed by atoms with Crippen molar-refractivity contribution in [2.45, 2.75) is 0 Å². The van der Waals surface area contributed by atoms with Crippen molar-refractivity contribution in [1.82, 2.24) is 0 Å². The van der Waals surface area contributed by atoms with E-state index >= 15 is 0 Å². The van der Waals surface area contributed by atoms with Gasteiger partial charge < -0.3 is 43.7 Å². The highest BCUT2D eigenvalue weighted by molar-refractivity contribution is 6.03. The van der Waals surface area contributed by atoms with Crippen LogP contribution in [0.2, 0.25) is 0 Å². The van der Waals surface area contributed by atoms with E-state index in [0.29, 0.717) is 0 Å². The summed E-state index contributed by atoms with van der Waals surface area (Å²) in [6.07, 6.45) is 0. The molecule has 0 aliphatic carbocycles. The molecule has 0 radical (unpaired) electrons. The molecular formula is C8H8N8-2. The van der Waals surface area contributed by atoms with E-state index in [-0.39, 0.29) is 34.1 Å². The third-order valence-electron chi connectivity index (χ3n) is 1.92. The average Bonchev–Trinajstić information content (AvgIpc) is 2.28. The second-order valence-corrected chi connectivity index (χ2v) is 2.78. The lowest BCUT2D eigenvalue weighted by molar-refractivity contribution is 1.48. The first kappa shape index (κ1) is 11.3. The molecule has 16 heavy (non-hydrogen) atoms. The molecule has 8 nitrogen and oxygen atoms in total. The van der Waals surface area contributed by atoms with Gasteiger partial charge in [-0.15, -0.1) is 0 Å². The summed E-state index contributed by atoms with van der Waals surface area (Å²) >= 11 is 0. The number of anilines is 4. The first-order valence-corrected chi connectivity index (χ1v) is 4.00. The summed E-state index contributed by atoms with van der Waals surface area (Å²) in [5.74, 6) is 0. The van der Waals surface area contributed by atoms with E-state index in [9.17, 15) is 0 Å². The van der Waals surface area contributed by atoms with Gasteiger partial charge in [-0.05, 0) is 0 Å². The topological polar surface area (TPSA) is 173 Å². The Hall–Kier alpha value is -2.82. The van der Waals surface area contributed by atoms with E-state index in [4.69, 9.17) is 33.8 Å². The van der Waals surface area contributed by atoms with Crippen molar-refractivity contribution in [2.75, 3.05) is 22.9 Å². The van der Waals surface area contributed by atoms with Crippen molar-refractivity contribution >= 4 is 46.1 Å². The van der Waals surface area contributed by atoms with Crippen molar-refractivity contribution in [3.63, 3.8) is 0 Å². The van der Waals surface area contributed by atoms with E-state index in [1.165, 1.54) is 12.0 Å². The fourth-order valence-corrected chi connectivity index (χ4v) is 1.14. The lowest BCUT2D eigenvalue weighted by Gasteiger charge is -2.18. The van der Waals surface area contributed by atoms with Crippen LogP contribution < -0.4 is 22.9 Å². The second-order valence-electron chi connectivity index (χ2n) is 2.78. The Balaban J connectivity index is 3.78. The number of nitrogens with two attached hydrogens (primary N) is 4. The van der Waals surface area contributed by atoms with Crippen LogP contribution in [0.25, 0.3) is 10.8 Å². The van der Waals surface area contributed by atoms with Crippen LogP contribution in [-0.2, 0) is 0 Å². The number of nitrogens with zero attached hydrogens (tertiary/aromatic N) is 4. The van der Waals surface area contributed by atoms with Crippen LogP contribution in [0.3, 0.4) is 0 Å². The van der Waals surface area contributed by atoms with Gasteiger partial charge in [-0.2, -0.15) is 12.0 Å². The zero-order valence-electron chi connectivity index (χ0n) is 8.10. The first-order valence-electron chi connectivity index (χ1n) is 4.00. The summed E-state index contributed by atoms with van der Waals surface area (Å²) < 4.78 is 0. The van der Waals surface area contributed by atoms with Crippen LogP contribution in [-0.4, -0.2) is 12.0 Å². The largest absolute Gasteiger partial charge is 0.422 e. The van der Waals surface area contributed by atoms with Gasteiger partial charge in [-0.25, -0.2) is 0 Å². The SMILES string of the molecule is [N-]=C=Nc1c(N)c(N)c(N)c(N=C=[N-])c1N. The maximum absolute atomic E-state index is 8.45. The quantitative estimate of drug-likeness (QED) is 0.422. The lowest BCUT2D eigenvalue weighted by Crippen LogP contribution is -2.03. The summed E-state index contributed by atoms with van der Waals surface area (Å²) in [6.45, 7) is 0. The van der Waals surface area contributed by atoms with Gasteiger partial charge in [0, 0.05) is 17.1 Å². The molecule has 0 bridgehead atoms. The van der Waals surface area contributed by atoms with E-state index in [1.807, 2.05) is 0 Å². The van der Waals surface area contributed by atoms with Crippen LogP contribution in [0.1, 0.15) is 0 Å². The fourth-order valence-electron chi connectivity index (χ4n) is 1.14. The Morgan fingerprint density at radius 2 is 1.06 bits per heavy atom. The molecule has 1 aromatic rings. The van der Waals surface area contributed by atoms with Crippen LogP contribution in [0.4, 0.5) is 34.1 Å². The zero-order chi connectivity index (χ0) is 12.3. The number of benzene rings is 1. The molecule has 8 heteroatoms. The average molecular weight is 216 g/mol. The Kier molecular flexibility index (Phi) is 2.91. The van der Waals surface area contributed by atoms with Crippen molar-refractivity contribution in [2.24, 2.45) is 9.98 Å². The maximum Gasteiger partial charge on any atom is 0.0788 e. The van der Waals surface area contributed by atoms with Gasteiger partial charge in [0.2, 0.25) is 0 Å². The number of aliphatic imine (C=N–C) groups is 2. The Bertz CT molecular complexity index is 488. The van der Waals surface area contributed by atoms with Crippen LogP contribution in [0, 0.1) is 0 Å². The Labute approximate surface area is 90.7 Å². The van der Waals surface area contributed by atoms with Crippen molar-refractivity contribution in [1.29, 1.82) is 0 Å². The number of hydrogen-bond acceptors (Lipinski definition) is 6. The monoisotopic (exact) mass is 216 g/mol. The first-order chi connectivity index (χ1) is 7.54. The van der Waals surface area contributed by atoms with Gasteiger partial charge in [0.25, 0.3) is 0 Å². The van der Waals surface area contributed by atoms with Gasteiger partial charge in [-0.3, -0.25) is 0 Å². The molecule has 0 spiro atoms. The number of nitrogen functional groups attached to an aromatic ring is 4. The predicted molar refractivity (Wildman–Crippen MR) is 65.0 cm³/mol. The smallest absolute Gasteiger partial charge is 0.0788 e. The van der Waals surface area contributed by atoms with E-state index in [0.717, 1.165) is 0 Å². The lowest BCUT2D eigenvalue weighted by atomic mass is 10.1. The minimum atomic E-state index is -0.0488. The minimum Gasteiger partial charge on any atom is -0.422 e. The summed E-state index contributed by atoms with van der Waals surface area (Å²) in [4.78, 5) is 6.80. The molecule has 0 heterocycles. The summed E-state index contributed by atoms with van der Waals surface area (Å²) in [5.41, 5.74) is 22.2. The van der Waals surface area contributed by atoms with Crippen molar-refractivity contribution < 1.29 is 0 Å². The molecule has 0 aliphatic heterocycles. The molecule has 1 aromatic carbocycles. The van der Waals surface area contributed by atoms with E-state index in [2.05, 4.69) is 9.98 Å². The molecule has 0 saturated heterocycles. The molecule has 0 atom stereocenters. The standard InChI is InChI=1S/C8H8N8/c9-1-15-7-4(12)3(11)5(13)8(6(7)14)16-2-10/h11-14H2/q-2. The molecular weight excluding hydrogens is 208 g/mol. The number of rotatable bonds is 2. The van der Waals surface area contributed by atoms with Gasteiger partial charge >= 0.3 is 0 Å². The van der Waals surface area contributed by atoms with Gasteiger partial charge in [-0.1, -0.05) is 0 Å². The Morgan fingerprint density at radius 3 is 1.38 bits per heavy atom. The van der Waals surface area contributed by atoms with Gasteiger partial charge in [0.1, 0.15) is 0 Å². The zero-order valence-corrected chi connectivity index (χ0v) is 8.10. The van der Waals surface area contributed by atoms with Crippen molar-refractivity contribution in [3.05, 3.63) is 10.8 Å². The maximum atomic E-state index is 8.45. The number of hydrogen-bond donors (Lipinski definition) is 4. The minimum absolute atomic E-state index is 0.00259. The molecule has 0 saturated carbocycles. The fraction of sp³-hybridized carbons (Fsp3) is 0. The summed E-state index contributed by atoms with van der Waals surface area (Å²) in [5, 5.41) is 16.9. The van der Waals surface area contributed by atoms with Gasteiger partial charge in [0.05, 0.1) is 17.1 Å². The molecule has 8 N–H and O–H groups in total. The highest BCUT2D eigenvalue weighted by Crippen LogP contribution is 2.46. The predicted octanol–water partition coefficient (Wildman–Crippen LogP) is 0.765. The molecule has 0 amide bonds. The molecule has 0 aliphatic rings. The van der Waals surface area contributed by atoms with Gasteiger partial charge in [0.15, 0.2) is 0 Å². The molecule has 0 aromatic heterocycles. The van der Waals surface area contributed by atoms with Crippen LogP contribution in [0.15, 0.2) is 9.98 Å². The third kappa shape index (κ3) is 1.57. The summed E-state index contributed by atoms with van der Waals surface area (Å²) in [6, 6.07) is 3.05.